The van der Waals surface area contributed by atoms with Crippen molar-refractivity contribution in [3.8, 4) is 11.4 Å². The van der Waals surface area contributed by atoms with Crippen LogP contribution in [0.25, 0.3) is 11.4 Å². The molecule has 5 nitrogen and oxygen atoms in total. The summed E-state index contributed by atoms with van der Waals surface area (Å²) in [6.07, 6.45) is 5.19. The van der Waals surface area contributed by atoms with Crippen molar-refractivity contribution in [3.63, 3.8) is 0 Å². The number of thiophene rings is 1. The number of thioether (sulfide) groups is 1. The molecule has 0 saturated carbocycles. The number of Topliss-reactive ketones (excluding diaryl/α,β-unsaturated/α-hetero) is 1. The molecule has 24 heavy (non-hydrogen) atoms. The molecule has 0 amide bonds. The lowest BCUT2D eigenvalue weighted by atomic mass is 10.2. The van der Waals surface area contributed by atoms with Gasteiger partial charge in [0.2, 0.25) is 0 Å². The van der Waals surface area contributed by atoms with Crippen LogP contribution in [0, 0.1) is 0 Å². The number of carbonyl (C=O) groups excluding carboxylic acids is 1. The lowest BCUT2D eigenvalue weighted by Crippen LogP contribution is -2.04. The van der Waals surface area contributed by atoms with Gasteiger partial charge in [0.1, 0.15) is 0 Å². The van der Waals surface area contributed by atoms with Gasteiger partial charge in [0.15, 0.2) is 16.8 Å². The molecule has 3 heterocycles. The highest BCUT2D eigenvalue weighted by Gasteiger charge is 2.16. The summed E-state index contributed by atoms with van der Waals surface area (Å²) in [5.41, 5.74) is 0.919. The van der Waals surface area contributed by atoms with Crippen LogP contribution in [0.1, 0.15) is 9.67 Å². The second kappa shape index (κ2) is 7.74. The zero-order valence-electron chi connectivity index (χ0n) is 12.6. The van der Waals surface area contributed by atoms with Crippen molar-refractivity contribution < 1.29 is 4.79 Å². The fraction of sp³-hybridized carbons (Fsp3) is 0.125. The molecule has 0 spiro atoms. The number of pyridine rings is 1. The third kappa shape index (κ3) is 3.75. The van der Waals surface area contributed by atoms with Gasteiger partial charge in [-0.05, 0) is 24.3 Å². The van der Waals surface area contributed by atoms with Crippen LogP contribution in [-0.2, 0) is 6.54 Å². The van der Waals surface area contributed by atoms with Gasteiger partial charge in [-0.25, -0.2) is 0 Å². The van der Waals surface area contributed by atoms with Crippen molar-refractivity contribution in [2.75, 3.05) is 5.75 Å². The van der Waals surface area contributed by atoms with Gasteiger partial charge in [-0.3, -0.25) is 14.3 Å². The van der Waals surface area contributed by atoms with E-state index in [2.05, 4.69) is 21.8 Å². The number of ketones is 1. The molecule has 0 radical (unpaired) electrons. The quantitative estimate of drug-likeness (QED) is 0.351. The van der Waals surface area contributed by atoms with E-state index in [0.29, 0.717) is 20.9 Å². The van der Waals surface area contributed by atoms with Crippen LogP contribution in [0.3, 0.4) is 0 Å². The SMILES string of the molecule is C=CCn1c(SCC(=O)c2ccc(Cl)s2)nnc1-c1ccncc1. The van der Waals surface area contributed by atoms with Gasteiger partial charge in [0.25, 0.3) is 0 Å². The summed E-state index contributed by atoms with van der Waals surface area (Å²) in [5.74, 6) is 1.03. The minimum atomic E-state index is 0.0236. The highest BCUT2D eigenvalue weighted by Crippen LogP contribution is 2.26. The van der Waals surface area contributed by atoms with Gasteiger partial charge in [-0.15, -0.1) is 28.1 Å². The average molecular weight is 377 g/mol. The number of aromatic nitrogens is 4. The van der Waals surface area contributed by atoms with Gasteiger partial charge in [-0.2, -0.15) is 0 Å². The lowest BCUT2D eigenvalue weighted by Gasteiger charge is -2.07. The molecule has 122 valence electrons. The molecule has 0 unspecified atom stereocenters. The Balaban J connectivity index is 1.79. The van der Waals surface area contributed by atoms with E-state index in [4.69, 9.17) is 11.6 Å². The first-order valence-corrected chi connectivity index (χ1v) is 9.23. The van der Waals surface area contributed by atoms with Crippen molar-refractivity contribution >= 4 is 40.5 Å². The van der Waals surface area contributed by atoms with E-state index >= 15 is 0 Å². The fourth-order valence-electron chi connectivity index (χ4n) is 2.07. The molecule has 0 aliphatic carbocycles. The summed E-state index contributed by atoms with van der Waals surface area (Å²) in [5, 5.41) is 9.14. The summed E-state index contributed by atoms with van der Waals surface area (Å²) in [6, 6.07) is 7.21. The van der Waals surface area contributed by atoms with Crippen molar-refractivity contribution in [2.24, 2.45) is 0 Å². The monoisotopic (exact) mass is 376 g/mol. The molecule has 3 rings (SSSR count). The van der Waals surface area contributed by atoms with Crippen LogP contribution in [0.5, 0.6) is 0 Å². The molecule has 0 atom stereocenters. The van der Waals surface area contributed by atoms with Crippen LogP contribution in [0.2, 0.25) is 4.34 Å². The van der Waals surface area contributed by atoms with E-state index in [1.165, 1.54) is 23.1 Å². The smallest absolute Gasteiger partial charge is 0.192 e. The molecule has 0 N–H and O–H groups in total. The molecule has 0 saturated heterocycles. The summed E-state index contributed by atoms with van der Waals surface area (Å²) in [6.45, 7) is 4.34. The van der Waals surface area contributed by atoms with E-state index in [1.807, 2.05) is 16.7 Å². The normalized spacial score (nSPS) is 10.7. The van der Waals surface area contributed by atoms with Crippen LogP contribution in [0.4, 0.5) is 0 Å². The van der Waals surface area contributed by atoms with Crippen molar-refractivity contribution in [3.05, 3.63) is 58.5 Å². The molecule has 3 aromatic rings. The number of halogens is 1. The minimum absolute atomic E-state index is 0.0236. The zero-order valence-corrected chi connectivity index (χ0v) is 14.9. The number of allylic oxidation sites excluding steroid dienone is 1. The van der Waals surface area contributed by atoms with Gasteiger partial charge in [0, 0.05) is 24.5 Å². The van der Waals surface area contributed by atoms with E-state index in [9.17, 15) is 4.79 Å². The molecule has 8 heteroatoms. The Morgan fingerprint density at radius 2 is 2.08 bits per heavy atom. The maximum atomic E-state index is 12.2. The number of hydrogen-bond acceptors (Lipinski definition) is 6. The number of hydrogen-bond donors (Lipinski definition) is 0. The molecule has 3 aromatic heterocycles. The predicted octanol–water partition coefficient (Wildman–Crippen LogP) is 4.22. The van der Waals surface area contributed by atoms with E-state index in [-0.39, 0.29) is 11.5 Å². The van der Waals surface area contributed by atoms with Gasteiger partial charge in [-0.1, -0.05) is 29.4 Å². The Kier molecular flexibility index (Phi) is 5.44. The molecule has 0 fully saturated rings. The molecular formula is C16H13ClN4OS2. The molecule has 0 aliphatic heterocycles. The van der Waals surface area contributed by atoms with Crippen LogP contribution >= 0.6 is 34.7 Å². The lowest BCUT2D eigenvalue weighted by molar-refractivity contribution is 0.102. The predicted molar refractivity (Wildman–Crippen MR) is 97.8 cm³/mol. The van der Waals surface area contributed by atoms with Gasteiger partial charge in [0.05, 0.1) is 15.0 Å². The first-order chi connectivity index (χ1) is 11.7. The molecule has 0 aromatic carbocycles. The minimum Gasteiger partial charge on any atom is -0.298 e. The van der Waals surface area contributed by atoms with E-state index < -0.39 is 0 Å². The standard InChI is InChI=1S/C16H13ClN4OS2/c1-2-9-21-15(11-5-7-18-8-6-11)19-20-16(21)23-10-12(22)13-3-4-14(17)24-13/h2-8H,1,9-10H2. The zero-order chi connectivity index (χ0) is 16.9. The fourth-order valence-corrected chi connectivity index (χ4v) is 3.97. The highest BCUT2D eigenvalue weighted by molar-refractivity contribution is 7.99. The first kappa shape index (κ1) is 16.9. The Bertz CT molecular complexity index is 860. The molecule has 0 aliphatic rings. The highest BCUT2D eigenvalue weighted by atomic mass is 35.5. The number of nitrogens with zero attached hydrogens (tertiary/aromatic N) is 4. The van der Waals surface area contributed by atoms with E-state index in [1.54, 1.807) is 30.6 Å². The second-order valence-corrected chi connectivity index (χ2v) is 7.41. The summed E-state index contributed by atoms with van der Waals surface area (Å²) in [7, 11) is 0. The Morgan fingerprint density at radius 1 is 1.29 bits per heavy atom. The Morgan fingerprint density at radius 3 is 2.75 bits per heavy atom. The Labute approximate surface area is 152 Å². The third-order valence-corrected chi connectivity index (χ3v) is 5.39. The van der Waals surface area contributed by atoms with Crippen LogP contribution in [0.15, 0.2) is 54.5 Å². The second-order valence-electron chi connectivity index (χ2n) is 4.76. The summed E-state index contributed by atoms with van der Waals surface area (Å²) >= 11 is 8.51. The molecular weight excluding hydrogens is 364 g/mol. The number of carbonyl (C=O) groups is 1. The maximum absolute atomic E-state index is 12.2. The Hall–Kier alpha value is -1.96. The van der Waals surface area contributed by atoms with Gasteiger partial charge < -0.3 is 0 Å². The van der Waals surface area contributed by atoms with Crippen molar-refractivity contribution in [1.82, 2.24) is 19.7 Å². The van der Waals surface area contributed by atoms with Crippen molar-refractivity contribution in [1.29, 1.82) is 0 Å². The maximum Gasteiger partial charge on any atom is 0.192 e. The largest absolute Gasteiger partial charge is 0.298 e. The number of rotatable bonds is 7. The van der Waals surface area contributed by atoms with Crippen LogP contribution in [-0.4, -0.2) is 31.3 Å². The van der Waals surface area contributed by atoms with E-state index in [0.717, 1.165) is 11.4 Å². The molecule has 0 bridgehead atoms. The van der Waals surface area contributed by atoms with Gasteiger partial charge >= 0.3 is 0 Å². The first-order valence-electron chi connectivity index (χ1n) is 7.05. The summed E-state index contributed by atoms with van der Waals surface area (Å²) in [4.78, 5) is 16.9. The summed E-state index contributed by atoms with van der Waals surface area (Å²) < 4.78 is 2.54. The topological polar surface area (TPSA) is 60.7 Å². The van der Waals surface area contributed by atoms with Crippen molar-refractivity contribution in [2.45, 2.75) is 11.7 Å². The third-order valence-electron chi connectivity index (χ3n) is 3.15. The average Bonchev–Trinajstić information content (AvgIpc) is 3.20. The van der Waals surface area contributed by atoms with Crippen LogP contribution < -0.4 is 0 Å².